The molecule has 206 valence electrons. The van der Waals surface area contributed by atoms with Gasteiger partial charge in [-0.05, 0) is 81.8 Å². The highest BCUT2D eigenvalue weighted by Gasteiger charge is 2.27. The van der Waals surface area contributed by atoms with Crippen molar-refractivity contribution in [2.75, 3.05) is 33.9 Å². The van der Waals surface area contributed by atoms with E-state index in [0.717, 1.165) is 24.8 Å². The summed E-state index contributed by atoms with van der Waals surface area (Å²) in [6.07, 6.45) is 2.45. The highest BCUT2D eigenvalue weighted by molar-refractivity contribution is 5.95. The molecule has 0 spiro atoms. The zero-order valence-electron chi connectivity index (χ0n) is 23.0. The first-order valence-corrected chi connectivity index (χ1v) is 12.9. The van der Waals surface area contributed by atoms with E-state index in [1.54, 1.807) is 41.3 Å². The largest absolute Gasteiger partial charge is 0.493 e. The predicted molar refractivity (Wildman–Crippen MR) is 145 cm³/mol. The minimum Gasteiger partial charge on any atom is -0.493 e. The first-order chi connectivity index (χ1) is 18.1. The molecule has 2 aromatic rings. The summed E-state index contributed by atoms with van der Waals surface area (Å²) in [7, 11) is 3.06. The van der Waals surface area contributed by atoms with Gasteiger partial charge in [0.1, 0.15) is 5.60 Å². The topological polar surface area (TPSA) is 106 Å². The Kier molecular flexibility index (Phi) is 9.98. The number of likely N-dealkylation sites (tertiary alicyclic amines) is 1. The molecule has 3 rings (SSSR count). The van der Waals surface area contributed by atoms with E-state index in [-0.39, 0.29) is 24.5 Å². The standard InChI is InChI=1S/C29H39N3O6/c1-29(2,3)38-28(35)32-15-7-9-20(19-32)13-14-30-26(33)22-10-6-8-21(16-22)18-31-27(34)23-11-12-24(36-4)25(17-23)37-5/h6,8,10-12,16-17,20H,7,9,13-15,18-19H2,1-5H3,(H,30,33)(H,31,34). The molecule has 0 aliphatic carbocycles. The summed E-state index contributed by atoms with van der Waals surface area (Å²) >= 11 is 0. The molecule has 0 radical (unpaired) electrons. The number of ether oxygens (including phenoxy) is 3. The predicted octanol–water partition coefficient (Wildman–Crippen LogP) is 4.40. The molecule has 1 unspecified atom stereocenters. The van der Waals surface area contributed by atoms with Crippen LogP contribution in [0.25, 0.3) is 0 Å². The minimum absolute atomic E-state index is 0.169. The number of hydrogen-bond acceptors (Lipinski definition) is 6. The van der Waals surface area contributed by atoms with Crippen LogP contribution in [-0.4, -0.2) is 62.3 Å². The van der Waals surface area contributed by atoms with Gasteiger partial charge in [0.05, 0.1) is 14.2 Å². The molecule has 38 heavy (non-hydrogen) atoms. The van der Waals surface area contributed by atoms with Gasteiger partial charge >= 0.3 is 6.09 Å². The summed E-state index contributed by atoms with van der Waals surface area (Å²) < 4.78 is 16.0. The number of methoxy groups -OCH3 is 2. The van der Waals surface area contributed by atoms with Crippen LogP contribution in [0.2, 0.25) is 0 Å². The van der Waals surface area contributed by atoms with E-state index in [2.05, 4.69) is 10.6 Å². The Balaban J connectivity index is 1.47. The second-order valence-corrected chi connectivity index (χ2v) is 10.4. The van der Waals surface area contributed by atoms with E-state index in [4.69, 9.17) is 14.2 Å². The molecule has 1 heterocycles. The van der Waals surface area contributed by atoms with Crippen LogP contribution >= 0.6 is 0 Å². The maximum absolute atomic E-state index is 12.7. The third-order valence-electron chi connectivity index (χ3n) is 6.30. The van der Waals surface area contributed by atoms with Gasteiger partial charge in [-0.2, -0.15) is 0 Å². The van der Waals surface area contributed by atoms with Crippen molar-refractivity contribution in [3.63, 3.8) is 0 Å². The number of amides is 3. The fourth-order valence-electron chi connectivity index (χ4n) is 4.37. The summed E-state index contributed by atoms with van der Waals surface area (Å²) in [5.41, 5.74) is 1.27. The summed E-state index contributed by atoms with van der Waals surface area (Å²) in [4.78, 5) is 39.5. The van der Waals surface area contributed by atoms with Crippen molar-refractivity contribution < 1.29 is 28.6 Å². The number of nitrogens with zero attached hydrogens (tertiary/aromatic N) is 1. The number of nitrogens with one attached hydrogen (secondary N) is 2. The highest BCUT2D eigenvalue weighted by atomic mass is 16.6. The van der Waals surface area contributed by atoms with E-state index >= 15 is 0 Å². The Labute approximate surface area is 224 Å². The van der Waals surface area contributed by atoms with Crippen molar-refractivity contribution in [2.45, 2.75) is 52.2 Å². The zero-order chi connectivity index (χ0) is 27.7. The molecule has 1 saturated heterocycles. The number of benzene rings is 2. The van der Waals surface area contributed by atoms with Gasteiger partial charge in [0, 0.05) is 37.3 Å². The van der Waals surface area contributed by atoms with Crippen LogP contribution in [0.15, 0.2) is 42.5 Å². The van der Waals surface area contributed by atoms with Gasteiger partial charge in [-0.15, -0.1) is 0 Å². The molecular formula is C29H39N3O6. The molecule has 2 N–H and O–H groups in total. The Morgan fingerprint density at radius 1 is 0.947 bits per heavy atom. The number of piperidine rings is 1. The van der Waals surface area contributed by atoms with Crippen molar-refractivity contribution in [3.05, 3.63) is 59.2 Å². The summed E-state index contributed by atoms with van der Waals surface area (Å²) in [5.74, 6) is 0.914. The van der Waals surface area contributed by atoms with Crippen LogP contribution in [0.4, 0.5) is 4.79 Å². The Bertz CT molecular complexity index is 1130. The smallest absolute Gasteiger partial charge is 0.410 e. The average Bonchev–Trinajstić information content (AvgIpc) is 2.90. The normalized spacial score (nSPS) is 15.4. The van der Waals surface area contributed by atoms with Gasteiger partial charge in [0.15, 0.2) is 11.5 Å². The Morgan fingerprint density at radius 3 is 2.37 bits per heavy atom. The van der Waals surface area contributed by atoms with Crippen molar-refractivity contribution in [3.8, 4) is 11.5 Å². The summed E-state index contributed by atoms with van der Waals surface area (Å²) in [6, 6.07) is 12.2. The fraction of sp³-hybridized carbons (Fsp3) is 0.483. The number of carbonyl (C=O) groups excluding carboxylic acids is 3. The Morgan fingerprint density at radius 2 is 1.66 bits per heavy atom. The molecule has 9 heteroatoms. The summed E-state index contributed by atoms with van der Waals surface area (Å²) in [6.45, 7) is 7.73. The average molecular weight is 526 g/mol. The second kappa shape index (κ2) is 13.2. The fourth-order valence-corrected chi connectivity index (χ4v) is 4.37. The third-order valence-corrected chi connectivity index (χ3v) is 6.30. The minimum atomic E-state index is -0.515. The van der Waals surface area contributed by atoms with Crippen molar-refractivity contribution in [1.82, 2.24) is 15.5 Å². The first kappa shape index (κ1) is 28.8. The second-order valence-electron chi connectivity index (χ2n) is 10.4. The lowest BCUT2D eigenvalue weighted by Crippen LogP contribution is -2.43. The van der Waals surface area contributed by atoms with Crippen molar-refractivity contribution in [1.29, 1.82) is 0 Å². The quantitative estimate of drug-likeness (QED) is 0.503. The lowest BCUT2D eigenvalue weighted by atomic mass is 9.95. The molecule has 1 aliphatic heterocycles. The number of hydrogen-bond donors (Lipinski definition) is 2. The molecule has 0 aromatic heterocycles. The maximum atomic E-state index is 12.7. The molecule has 1 aliphatic rings. The van der Waals surface area contributed by atoms with E-state index in [0.29, 0.717) is 48.2 Å². The van der Waals surface area contributed by atoms with Crippen LogP contribution in [0.5, 0.6) is 11.5 Å². The molecular weight excluding hydrogens is 486 g/mol. The molecule has 1 atom stereocenters. The van der Waals surface area contributed by atoms with Crippen LogP contribution in [0.1, 0.15) is 66.3 Å². The Hall–Kier alpha value is -3.75. The molecule has 1 fully saturated rings. The van der Waals surface area contributed by atoms with Crippen LogP contribution in [-0.2, 0) is 11.3 Å². The van der Waals surface area contributed by atoms with Crippen LogP contribution < -0.4 is 20.1 Å². The van der Waals surface area contributed by atoms with E-state index in [9.17, 15) is 14.4 Å². The molecule has 2 aromatic carbocycles. The van der Waals surface area contributed by atoms with Gasteiger partial charge in [-0.25, -0.2) is 4.79 Å². The third kappa shape index (κ3) is 8.39. The number of rotatable bonds is 9. The zero-order valence-corrected chi connectivity index (χ0v) is 23.0. The highest BCUT2D eigenvalue weighted by Crippen LogP contribution is 2.27. The van der Waals surface area contributed by atoms with E-state index in [1.807, 2.05) is 26.8 Å². The van der Waals surface area contributed by atoms with Crippen molar-refractivity contribution in [2.24, 2.45) is 5.92 Å². The lowest BCUT2D eigenvalue weighted by molar-refractivity contribution is 0.0161. The number of carbonyl (C=O) groups is 3. The van der Waals surface area contributed by atoms with Gasteiger partial charge in [0.25, 0.3) is 11.8 Å². The summed E-state index contributed by atoms with van der Waals surface area (Å²) in [5, 5.41) is 5.86. The maximum Gasteiger partial charge on any atom is 0.410 e. The van der Waals surface area contributed by atoms with Gasteiger partial charge in [-0.3, -0.25) is 9.59 Å². The van der Waals surface area contributed by atoms with E-state index < -0.39 is 5.60 Å². The molecule has 0 saturated carbocycles. The van der Waals surface area contributed by atoms with Crippen LogP contribution in [0.3, 0.4) is 0 Å². The van der Waals surface area contributed by atoms with E-state index in [1.165, 1.54) is 14.2 Å². The SMILES string of the molecule is COc1ccc(C(=O)NCc2cccc(C(=O)NCCC3CCCN(C(=O)OC(C)(C)C)C3)c2)cc1OC. The monoisotopic (exact) mass is 525 g/mol. The van der Waals surface area contributed by atoms with Gasteiger partial charge in [-0.1, -0.05) is 12.1 Å². The molecule has 3 amide bonds. The van der Waals surface area contributed by atoms with Crippen molar-refractivity contribution >= 4 is 17.9 Å². The molecule has 9 nitrogen and oxygen atoms in total. The lowest BCUT2D eigenvalue weighted by Gasteiger charge is -2.34. The van der Waals surface area contributed by atoms with Gasteiger partial charge < -0.3 is 29.7 Å². The first-order valence-electron chi connectivity index (χ1n) is 12.9. The molecule has 0 bridgehead atoms. The van der Waals surface area contributed by atoms with Crippen LogP contribution in [0, 0.1) is 5.92 Å². The van der Waals surface area contributed by atoms with Gasteiger partial charge in [0.2, 0.25) is 0 Å².